The van der Waals surface area contributed by atoms with Gasteiger partial charge in [0.15, 0.2) is 5.82 Å². The Kier molecular flexibility index (Phi) is 4.94. The minimum Gasteiger partial charge on any atom is -0.378 e. The zero-order valence-electron chi connectivity index (χ0n) is 15.9. The molecule has 0 atom stereocenters. The average Bonchev–Trinajstić information content (AvgIpc) is 3.19. The number of aromatic amines is 1. The predicted molar refractivity (Wildman–Crippen MR) is 115 cm³/mol. The fourth-order valence-electron chi connectivity index (χ4n) is 3.50. The van der Waals surface area contributed by atoms with Gasteiger partial charge in [-0.15, -0.1) is 0 Å². The van der Waals surface area contributed by atoms with E-state index < -0.39 is 5.82 Å². The summed E-state index contributed by atoms with van der Waals surface area (Å²) in [6.07, 6.45) is 3.41. The molecule has 0 unspecified atom stereocenters. The summed E-state index contributed by atoms with van der Waals surface area (Å²) >= 11 is 6.20. The van der Waals surface area contributed by atoms with Gasteiger partial charge < -0.3 is 19.9 Å². The molecule has 0 spiro atoms. The van der Waals surface area contributed by atoms with E-state index in [0.717, 1.165) is 18.8 Å². The van der Waals surface area contributed by atoms with E-state index in [4.69, 9.17) is 16.3 Å². The van der Waals surface area contributed by atoms with Gasteiger partial charge in [-0.25, -0.2) is 19.3 Å². The van der Waals surface area contributed by atoms with Crippen LogP contribution in [0.1, 0.15) is 0 Å². The first-order chi connectivity index (χ1) is 14.7. The van der Waals surface area contributed by atoms with Crippen LogP contribution >= 0.6 is 11.6 Å². The molecule has 4 heterocycles. The number of fused-ring (bicyclic) bond motifs is 1. The number of imidazole rings is 1. The first kappa shape index (κ1) is 18.8. The number of aromatic nitrogens is 4. The highest BCUT2D eigenvalue weighted by atomic mass is 35.5. The summed E-state index contributed by atoms with van der Waals surface area (Å²) in [5.41, 5.74) is 2.58. The third-order valence-electron chi connectivity index (χ3n) is 4.97. The molecule has 152 valence electrons. The normalized spacial score (nSPS) is 14.3. The van der Waals surface area contributed by atoms with Crippen LogP contribution in [0.25, 0.3) is 22.4 Å². The third-order valence-corrected chi connectivity index (χ3v) is 5.28. The molecule has 0 bridgehead atoms. The van der Waals surface area contributed by atoms with E-state index in [9.17, 15) is 4.39 Å². The van der Waals surface area contributed by atoms with E-state index >= 15 is 0 Å². The van der Waals surface area contributed by atoms with E-state index in [1.165, 1.54) is 6.07 Å². The maximum absolute atomic E-state index is 14.3. The van der Waals surface area contributed by atoms with Gasteiger partial charge in [-0.05, 0) is 24.3 Å². The SMILES string of the molecule is Fc1cccc(Cl)c1-c1nc2c(Nc3cc(N4CCOCC4)ccn3)nccc2[nH]1. The molecule has 7 nitrogen and oxygen atoms in total. The number of benzene rings is 1. The van der Waals surface area contributed by atoms with Gasteiger partial charge in [-0.1, -0.05) is 17.7 Å². The number of ether oxygens (including phenoxy) is 1. The highest BCUT2D eigenvalue weighted by molar-refractivity contribution is 6.33. The second-order valence-corrected chi connectivity index (χ2v) is 7.27. The fraction of sp³-hybridized carbons (Fsp3) is 0.190. The minimum atomic E-state index is -0.441. The van der Waals surface area contributed by atoms with E-state index in [0.29, 0.717) is 41.7 Å². The van der Waals surface area contributed by atoms with Crippen molar-refractivity contribution < 1.29 is 9.13 Å². The van der Waals surface area contributed by atoms with Crippen molar-refractivity contribution in [3.05, 3.63) is 59.6 Å². The molecule has 5 rings (SSSR count). The molecule has 0 aliphatic carbocycles. The lowest BCUT2D eigenvalue weighted by molar-refractivity contribution is 0.122. The van der Waals surface area contributed by atoms with Crippen LogP contribution < -0.4 is 10.2 Å². The van der Waals surface area contributed by atoms with Gasteiger partial charge in [0.2, 0.25) is 0 Å². The topological polar surface area (TPSA) is 79.0 Å². The van der Waals surface area contributed by atoms with Gasteiger partial charge in [0.25, 0.3) is 0 Å². The van der Waals surface area contributed by atoms with E-state index in [-0.39, 0.29) is 10.6 Å². The maximum Gasteiger partial charge on any atom is 0.159 e. The van der Waals surface area contributed by atoms with Gasteiger partial charge in [-0.2, -0.15) is 0 Å². The molecule has 3 aromatic heterocycles. The lowest BCUT2D eigenvalue weighted by Gasteiger charge is -2.28. The minimum absolute atomic E-state index is 0.230. The Morgan fingerprint density at radius 2 is 1.93 bits per heavy atom. The first-order valence-electron chi connectivity index (χ1n) is 9.54. The molecular weight excluding hydrogens is 407 g/mol. The largest absolute Gasteiger partial charge is 0.378 e. The van der Waals surface area contributed by atoms with E-state index in [1.807, 2.05) is 12.1 Å². The number of hydrogen-bond donors (Lipinski definition) is 2. The van der Waals surface area contributed by atoms with Gasteiger partial charge in [0.1, 0.15) is 23.0 Å². The summed E-state index contributed by atoms with van der Waals surface area (Å²) in [5, 5.41) is 3.52. The molecular formula is C21H18ClFN6O. The first-order valence-corrected chi connectivity index (χ1v) is 9.92. The lowest BCUT2D eigenvalue weighted by Crippen LogP contribution is -2.36. The maximum atomic E-state index is 14.3. The highest BCUT2D eigenvalue weighted by Crippen LogP contribution is 2.32. The fourth-order valence-corrected chi connectivity index (χ4v) is 3.75. The van der Waals surface area contributed by atoms with Crippen molar-refractivity contribution in [2.75, 3.05) is 36.5 Å². The molecule has 1 aliphatic heterocycles. The molecule has 0 radical (unpaired) electrons. The Labute approximate surface area is 176 Å². The van der Waals surface area contributed by atoms with Crippen molar-refractivity contribution in [3.63, 3.8) is 0 Å². The predicted octanol–water partition coefficient (Wildman–Crippen LogP) is 4.39. The van der Waals surface area contributed by atoms with Crippen molar-refractivity contribution in [2.45, 2.75) is 0 Å². The Balaban J connectivity index is 1.49. The molecule has 4 aromatic rings. The number of pyridine rings is 2. The van der Waals surface area contributed by atoms with Crippen LogP contribution in [0.15, 0.2) is 48.8 Å². The van der Waals surface area contributed by atoms with Crippen LogP contribution in [0, 0.1) is 5.82 Å². The number of morpholine rings is 1. The van der Waals surface area contributed by atoms with Crippen molar-refractivity contribution in [1.29, 1.82) is 0 Å². The molecule has 30 heavy (non-hydrogen) atoms. The molecule has 9 heteroatoms. The number of halogens is 2. The Morgan fingerprint density at radius 1 is 1.10 bits per heavy atom. The smallest absolute Gasteiger partial charge is 0.159 e. The van der Waals surface area contributed by atoms with Crippen molar-refractivity contribution >= 4 is 40.0 Å². The zero-order valence-corrected chi connectivity index (χ0v) is 16.7. The van der Waals surface area contributed by atoms with Crippen LogP contribution in [-0.2, 0) is 4.74 Å². The van der Waals surface area contributed by atoms with Gasteiger partial charge in [0.05, 0.1) is 29.3 Å². The number of rotatable bonds is 4. The second kappa shape index (κ2) is 7.89. The molecule has 1 fully saturated rings. The lowest BCUT2D eigenvalue weighted by atomic mass is 10.2. The second-order valence-electron chi connectivity index (χ2n) is 6.86. The summed E-state index contributed by atoms with van der Waals surface area (Å²) in [6.45, 7) is 3.09. The molecule has 1 saturated heterocycles. The summed E-state index contributed by atoms with van der Waals surface area (Å²) in [6, 6.07) is 10.3. The quantitative estimate of drug-likeness (QED) is 0.505. The van der Waals surface area contributed by atoms with E-state index in [2.05, 4.69) is 30.2 Å². The van der Waals surface area contributed by atoms with Crippen molar-refractivity contribution in [3.8, 4) is 11.4 Å². The number of nitrogens with zero attached hydrogens (tertiary/aromatic N) is 4. The van der Waals surface area contributed by atoms with Gasteiger partial charge in [-0.3, -0.25) is 0 Å². The number of anilines is 3. The van der Waals surface area contributed by atoms with Crippen LogP contribution in [0.3, 0.4) is 0 Å². The number of nitrogens with one attached hydrogen (secondary N) is 2. The Morgan fingerprint density at radius 3 is 2.77 bits per heavy atom. The molecule has 2 N–H and O–H groups in total. The molecule has 1 aliphatic rings. The number of H-pyrrole nitrogens is 1. The molecule has 1 aromatic carbocycles. The Bertz CT molecular complexity index is 1190. The van der Waals surface area contributed by atoms with Crippen molar-refractivity contribution in [1.82, 2.24) is 19.9 Å². The van der Waals surface area contributed by atoms with E-state index in [1.54, 1.807) is 30.6 Å². The van der Waals surface area contributed by atoms with Crippen LogP contribution in [0.5, 0.6) is 0 Å². The summed E-state index contributed by atoms with van der Waals surface area (Å²) in [4.78, 5) is 18.7. The van der Waals surface area contributed by atoms with Gasteiger partial charge in [0, 0.05) is 37.2 Å². The molecule has 0 saturated carbocycles. The average molecular weight is 425 g/mol. The standard InChI is InChI=1S/C21H18ClFN6O/c22-14-2-1-3-15(23)18(14)20-26-16-5-7-25-21(19(16)28-20)27-17-12-13(4-6-24-17)29-8-10-30-11-9-29/h1-7,12H,8-11H2,(H,26,28)(H,24,25,27). The van der Waals surface area contributed by atoms with Crippen LogP contribution in [-0.4, -0.2) is 46.2 Å². The summed E-state index contributed by atoms with van der Waals surface area (Å²) in [5.74, 6) is 1.07. The summed E-state index contributed by atoms with van der Waals surface area (Å²) < 4.78 is 19.8. The van der Waals surface area contributed by atoms with Crippen LogP contribution in [0.2, 0.25) is 5.02 Å². The molecule has 0 amide bonds. The number of hydrogen-bond acceptors (Lipinski definition) is 6. The Hall–Kier alpha value is -3.23. The van der Waals surface area contributed by atoms with Crippen molar-refractivity contribution in [2.24, 2.45) is 0 Å². The highest BCUT2D eigenvalue weighted by Gasteiger charge is 2.17. The third kappa shape index (κ3) is 3.55. The van der Waals surface area contributed by atoms with Gasteiger partial charge >= 0.3 is 0 Å². The monoisotopic (exact) mass is 424 g/mol. The van der Waals surface area contributed by atoms with Crippen LogP contribution in [0.4, 0.5) is 21.7 Å². The zero-order chi connectivity index (χ0) is 20.5. The summed E-state index contributed by atoms with van der Waals surface area (Å²) in [7, 11) is 0.